The first-order valence-electron chi connectivity index (χ1n) is 14.7. The molecule has 8 heteroatoms. The summed E-state index contributed by atoms with van der Waals surface area (Å²) in [5.41, 5.74) is 2.58. The molecule has 0 saturated carbocycles. The molecule has 0 spiro atoms. The van der Waals surface area contributed by atoms with Gasteiger partial charge < -0.3 is 4.90 Å². The summed E-state index contributed by atoms with van der Waals surface area (Å²) in [6.07, 6.45) is 4.57. The van der Waals surface area contributed by atoms with Crippen molar-refractivity contribution >= 4 is 17.7 Å². The number of amides is 1. The van der Waals surface area contributed by atoms with E-state index in [1.165, 1.54) is 12.8 Å². The number of rotatable bonds is 11. The Hall–Kier alpha value is -3.49. The van der Waals surface area contributed by atoms with Gasteiger partial charge in [-0.2, -0.15) is 0 Å². The summed E-state index contributed by atoms with van der Waals surface area (Å²) in [6.45, 7) is 7.40. The van der Waals surface area contributed by atoms with Crippen LogP contribution in [0, 0.1) is 0 Å². The molecule has 0 radical (unpaired) electrons. The van der Waals surface area contributed by atoms with Crippen LogP contribution in [-0.4, -0.2) is 47.2 Å². The number of carbonyl (C=O) groups is 1. The molecule has 0 bridgehead atoms. The van der Waals surface area contributed by atoms with Gasteiger partial charge in [-0.15, -0.1) is 16.9 Å². The third kappa shape index (κ3) is 4.87. The van der Waals surface area contributed by atoms with Gasteiger partial charge in [0.2, 0.25) is 5.91 Å². The highest BCUT2D eigenvalue weighted by Gasteiger charge is 2.64. The molecule has 3 aromatic carbocycles. The number of unbranched alkanes of at least 4 members (excludes halogenated alkanes) is 3. The highest BCUT2D eigenvalue weighted by atomic mass is 32.2. The van der Waals surface area contributed by atoms with Crippen molar-refractivity contribution in [3.8, 4) is 0 Å². The fourth-order valence-corrected chi connectivity index (χ4v) is 8.10. The first-order chi connectivity index (χ1) is 20.0. The van der Waals surface area contributed by atoms with Gasteiger partial charge in [-0.3, -0.25) is 10.1 Å². The monoisotopic (exact) mass is 566 g/mol. The lowest BCUT2D eigenvalue weighted by atomic mass is 9.76. The second-order valence-electron chi connectivity index (χ2n) is 11.6. The summed E-state index contributed by atoms with van der Waals surface area (Å²) in [5, 5.41) is 16.7. The van der Waals surface area contributed by atoms with Crippen molar-refractivity contribution in [2.75, 3.05) is 0 Å². The topological polar surface area (TPSA) is 75.9 Å². The van der Waals surface area contributed by atoms with Gasteiger partial charge in [-0.05, 0) is 47.4 Å². The molecule has 4 aromatic rings. The Bertz CT molecular complexity index is 1360. The lowest BCUT2D eigenvalue weighted by Crippen LogP contribution is -2.70. The van der Waals surface area contributed by atoms with Crippen LogP contribution in [0.5, 0.6) is 0 Å². The second kappa shape index (κ2) is 11.4. The maximum absolute atomic E-state index is 14.2. The van der Waals surface area contributed by atoms with E-state index in [1.807, 2.05) is 39.5 Å². The van der Waals surface area contributed by atoms with Gasteiger partial charge in [0.1, 0.15) is 17.5 Å². The van der Waals surface area contributed by atoms with Gasteiger partial charge >= 0.3 is 0 Å². The van der Waals surface area contributed by atoms with Crippen LogP contribution in [0.2, 0.25) is 0 Å². The van der Waals surface area contributed by atoms with E-state index in [4.69, 9.17) is 0 Å². The average molecular weight is 567 g/mol. The van der Waals surface area contributed by atoms with Gasteiger partial charge in [-0.25, -0.2) is 4.68 Å². The Morgan fingerprint density at radius 2 is 1.41 bits per heavy atom. The molecular weight excluding hydrogens is 528 g/mol. The van der Waals surface area contributed by atoms with Gasteiger partial charge in [-0.1, -0.05) is 117 Å². The number of hydrogen-bond acceptors (Lipinski definition) is 6. The number of aryl methyl sites for hydroxylation is 1. The Labute approximate surface area is 246 Å². The highest BCUT2D eigenvalue weighted by molar-refractivity contribution is 8.01. The minimum absolute atomic E-state index is 0.0387. The summed E-state index contributed by atoms with van der Waals surface area (Å²) in [4.78, 5) is 16.2. The molecule has 212 valence electrons. The van der Waals surface area contributed by atoms with Crippen LogP contribution < -0.4 is 5.32 Å². The summed E-state index contributed by atoms with van der Waals surface area (Å²) in [7, 11) is 0. The summed E-state index contributed by atoms with van der Waals surface area (Å²) >= 11 is 1.84. The van der Waals surface area contributed by atoms with Crippen LogP contribution in [0.25, 0.3) is 0 Å². The minimum atomic E-state index is -0.708. The lowest BCUT2D eigenvalue weighted by Gasteiger charge is -2.49. The van der Waals surface area contributed by atoms with Crippen molar-refractivity contribution in [3.05, 3.63) is 114 Å². The number of benzene rings is 3. The third-order valence-electron chi connectivity index (χ3n) is 8.46. The maximum atomic E-state index is 14.2. The van der Waals surface area contributed by atoms with Crippen LogP contribution in [0.1, 0.15) is 75.0 Å². The van der Waals surface area contributed by atoms with Crippen LogP contribution in [0.3, 0.4) is 0 Å². The van der Waals surface area contributed by atoms with E-state index in [0.717, 1.165) is 41.9 Å². The van der Waals surface area contributed by atoms with Crippen molar-refractivity contribution in [1.29, 1.82) is 0 Å². The minimum Gasteiger partial charge on any atom is -0.315 e. The van der Waals surface area contributed by atoms with E-state index in [-0.39, 0.29) is 28.1 Å². The van der Waals surface area contributed by atoms with Gasteiger partial charge in [0, 0.05) is 11.3 Å². The Morgan fingerprint density at radius 1 is 0.854 bits per heavy atom. The van der Waals surface area contributed by atoms with Crippen molar-refractivity contribution in [2.45, 2.75) is 80.7 Å². The van der Waals surface area contributed by atoms with Crippen LogP contribution >= 0.6 is 11.8 Å². The fourth-order valence-electron chi connectivity index (χ4n) is 6.47. The fraction of sp³-hybridized carbons (Fsp3) is 0.394. The van der Waals surface area contributed by atoms with E-state index < -0.39 is 5.54 Å². The molecule has 2 fully saturated rings. The number of fused-ring (bicyclic) bond motifs is 1. The molecule has 2 aliphatic heterocycles. The van der Waals surface area contributed by atoms with E-state index in [0.29, 0.717) is 0 Å². The first-order valence-corrected chi connectivity index (χ1v) is 15.6. The Kier molecular flexibility index (Phi) is 7.70. The number of thioether (sulfide) groups is 1. The van der Waals surface area contributed by atoms with Crippen molar-refractivity contribution in [3.63, 3.8) is 0 Å². The largest absolute Gasteiger partial charge is 0.315 e. The zero-order valence-electron chi connectivity index (χ0n) is 24.0. The normalized spacial score (nSPS) is 21.5. The summed E-state index contributed by atoms with van der Waals surface area (Å²) in [5.74, 6) is 0.875. The van der Waals surface area contributed by atoms with E-state index in [2.05, 4.69) is 114 Å². The third-order valence-corrected chi connectivity index (χ3v) is 10.0. The maximum Gasteiger partial charge on any atom is 0.244 e. The molecule has 3 atom stereocenters. The smallest absolute Gasteiger partial charge is 0.244 e. The molecule has 2 saturated heterocycles. The van der Waals surface area contributed by atoms with Gasteiger partial charge in [0.25, 0.3) is 0 Å². The standard InChI is InChI=1S/C33H38N6OS/c1-4-5-6-16-23-38-29(35-36-37-38)28-32(2,3)41-31-27(30(40)39(28)31)34-33(24-17-10-7-11-18-24,25-19-12-8-13-20-25)26-21-14-9-15-22-26/h7-15,17-22,27-28,31,34H,4-6,16,23H2,1-3H3/t27?,28?,31-/m1/s1. The Morgan fingerprint density at radius 3 is 1.95 bits per heavy atom. The van der Waals surface area contributed by atoms with E-state index in [1.54, 1.807) is 0 Å². The SMILES string of the molecule is CCCCCCn1nnnc1C1N2C(=O)C(NC(c3ccccc3)(c3ccccc3)c3ccccc3)[C@H]2SC1(C)C. The number of nitrogens with zero attached hydrogens (tertiary/aromatic N) is 5. The van der Waals surface area contributed by atoms with Crippen molar-refractivity contribution in [1.82, 2.24) is 30.4 Å². The van der Waals surface area contributed by atoms with Gasteiger partial charge in [0.15, 0.2) is 5.82 Å². The van der Waals surface area contributed by atoms with Crippen LogP contribution in [0.4, 0.5) is 0 Å². The molecule has 0 aliphatic carbocycles. The molecule has 1 N–H and O–H groups in total. The molecule has 2 aliphatic rings. The zero-order valence-corrected chi connectivity index (χ0v) is 24.8. The quantitative estimate of drug-likeness (QED) is 0.138. The highest BCUT2D eigenvalue weighted by Crippen LogP contribution is 2.57. The van der Waals surface area contributed by atoms with Crippen LogP contribution in [0.15, 0.2) is 91.0 Å². The summed E-state index contributed by atoms with van der Waals surface area (Å²) in [6, 6.07) is 30.8. The zero-order chi connectivity index (χ0) is 28.5. The predicted octanol–water partition coefficient (Wildman–Crippen LogP) is 5.94. The molecule has 2 unspecified atom stereocenters. The van der Waals surface area contributed by atoms with E-state index in [9.17, 15) is 4.79 Å². The lowest BCUT2D eigenvalue weighted by molar-refractivity contribution is -0.150. The number of hydrogen-bond donors (Lipinski definition) is 1. The summed E-state index contributed by atoms with van der Waals surface area (Å²) < 4.78 is 1.67. The molecule has 3 heterocycles. The first kappa shape index (κ1) is 27.7. The molecule has 1 aromatic heterocycles. The Balaban J connectivity index is 1.36. The van der Waals surface area contributed by atoms with E-state index >= 15 is 0 Å². The number of aromatic nitrogens is 4. The number of carbonyl (C=O) groups excluding carboxylic acids is 1. The van der Waals surface area contributed by atoms with Crippen LogP contribution in [-0.2, 0) is 16.9 Å². The molecular formula is C33H38N6OS. The van der Waals surface area contributed by atoms with Crippen molar-refractivity contribution < 1.29 is 4.79 Å². The molecule has 41 heavy (non-hydrogen) atoms. The number of nitrogens with one attached hydrogen (secondary N) is 1. The second-order valence-corrected chi connectivity index (χ2v) is 13.3. The predicted molar refractivity (Wildman–Crippen MR) is 163 cm³/mol. The van der Waals surface area contributed by atoms with Crippen molar-refractivity contribution in [2.24, 2.45) is 0 Å². The molecule has 7 nitrogen and oxygen atoms in total. The number of β-lactam (4-membered cyclic amide) rings is 1. The number of tetrazole rings is 1. The average Bonchev–Trinajstić information content (AvgIpc) is 3.56. The van der Waals surface area contributed by atoms with Gasteiger partial charge in [0.05, 0.1) is 5.54 Å². The molecule has 1 amide bonds. The molecule has 6 rings (SSSR count).